The van der Waals surface area contributed by atoms with Crippen molar-refractivity contribution in [3.63, 3.8) is 0 Å². The summed E-state index contributed by atoms with van der Waals surface area (Å²) in [5, 5.41) is 3.15. The minimum Gasteiger partial charge on any atom is -0.464 e. The molecule has 100 valence electrons. The molecule has 1 fully saturated rings. The molecule has 0 bridgehead atoms. The molecule has 3 N–H and O–H groups in total. The number of hydrogen-bond acceptors (Lipinski definition) is 7. The van der Waals surface area contributed by atoms with Gasteiger partial charge in [0, 0.05) is 13.2 Å². The molecule has 0 radical (unpaired) electrons. The number of rotatable bonds is 5. The van der Waals surface area contributed by atoms with Crippen molar-refractivity contribution < 1.29 is 9.47 Å². The highest BCUT2D eigenvalue weighted by Gasteiger charge is 2.14. The van der Waals surface area contributed by atoms with Crippen molar-refractivity contribution in [2.24, 2.45) is 5.92 Å². The lowest BCUT2D eigenvalue weighted by Gasteiger charge is -2.22. The van der Waals surface area contributed by atoms with Gasteiger partial charge in [-0.15, -0.1) is 0 Å². The smallest absolute Gasteiger partial charge is 0.323 e. The van der Waals surface area contributed by atoms with Crippen LogP contribution in [0.3, 0.4) is 0 Å². The number of ether oxygens (including phenoxy) is 2. The van der Waals surface area contributed by atoms with Crippen LogP contribution in [-0.2, 0) is 4.74 Å². The van der Waals surface area contributed by atoms with Crippen LogP contribution in [-0.4, -0.2) is 41.3 Å². The van der Waals surface area contributed by atoms with Crippen molar-refractivity contribution >= 4 is 11.9 Å². The van der Waals surface area contributed by atoms with Crippen LogP contribution in [0.15, 0.2) is 0 Å². The first-order valence-electron chi connectivity index (χ1n) is 6.24. The van der Waals surface area contributed by atoms with Crippen molar-refractivity contribution in [2.75, 3.05) is 37.4 Å². The third-order valence-corrected chi connectivity index (χ3v) is 2.71. The van der Waals surface area contributed by atoms with E-state index in [1.54, 1.807) is 0 Å². The van der Waals surface area contributed by atoms with Gasteiger partial charge in [0.1, 0.15) is 0 Å². The number of aromatic nitrogens is 3. The Kier molecular flexibility index (Phi) is 4.52. The van der Waals surface area contributed by atoms with Crippen LogP contribution in [0.4, 0.5) is 11.9 Å². The quantitative estimate of drug-likeness (QED) is 0.797. The molecule has 7 nitrogen and oxygen atoms in total. The standard InChI is InChI=1S/C11H19N5O2/c1-2-18-11-15-9(12)14-10(16-11)13-6-8-4-3-5-17-7-8/h8H,2-7H2,1H3,(H3,12,13,14,15,16). The van der Waals surface area contributed by atoms with Gasteiger partial charge in [0.2, 0.25) is 11.9 Å². The summed E-state index contributed by atoms with van der Waals surface area (Å²) in [6, 6.07) is 0.257. The van der Waals surface area contributed by atoms with Crippen molar-refractivity contribution in [1.82, 2.24) is 15.0 Å². The van der Waals surface area contributed by atoms with E-state index >= 15 is 0 Å². The lowest BCUT2D eigenvalue weighted by Crippen LogP contribution is -2.25. The van der Waals surface area contributed by atoms with Gasteiger partial charge in [0.15, 0.2) is 0 Å². The van der Waals surface area contributed by atoms with Gasteiger partial charge in [0.25, 0.3) is 0 Å². The lowest BCUT2D eigenvalue weighted by atomic mass is 10.0. The zero-order valence-corrected chi connectivity index (χ0v) is 10.6. The molecule has 1 aromatic heterocycles. The zero-order chi connectivity index (χ0) is 12.8. The van der Waals surface area contributed by atoms with E-state index in [1.165, 1.54) is 0 Å². The topological polar surface area (TPSA) is 95.2 Å². The Labute approximate surface area is 106 Å². The monoisotopic (exact) mass is 253 g/mol. The fourth-order valence-electron chi connectivity index (χ4n) is 1.85. The van der Waals surface area contributed by atoms with Gasteiger partial charge in [0.05, 0.1) is 13.2 Å². The van der Waals surface area contributed by atoms with E-state index in [0.29, 0.717) is 18.5 Å². The highest BCUT2D eigenvalue weighted by Crippen LogP contribution is 2.15. The fraction of sp³-hybridized carbons (Fsp3) is 0.727. The third kappa shape index (κ3) is 3.69. The van der Waals surface area contributed by atoms with Gasteiger partial charge < -0.3 is 20.5 Å². The van der Waals surface area contributed by atoms with E-state index in [4.69, 9.17) is 15.2 Å². The summed E-state index contributed by atoms with van der Waals surface area (Å²) in [6.07, 6.45) is 2.27. The maximum Gasteiger partial charge on any atom is 0.323 e. The Bertz CT molecular complexity index is 382. The molecule has 0 saturated carbocycles. The van der Waals surface area contributed by atoms with Crippen molar-refractivity contribution in [1.29, 1.82) is 0 Å². The second-order valence-electron chi connectivity index (χ2n) is 4.20. The van der Waals surface area contributed by atoms with Crippen LogP contribution in [0.25, 0.3) is 0 Å². The number of anilines is 2. The summed E-state index contributed by atoms with van der Waals surface area (Å²) in [6.45, 7) is 4.79. The summed E-state index contributed by atoms with van der Waals surface area (Å²) in [5.74, 6) is 1.11. The highest BCUT2D eigenvalue weighted by molar-refractivity contribution is 5.32. The van der Waals surface area contributed by atoms with E-state index in [9.17, 15) is 0 Å². The van der Waals surface area contributed by atoms with Gasteiger partial charge in [-0.05, 0) is 25.7 Å². The van der Waals surface area contributed by atoms with E-state index < -0.39 is 0 Å². The lowest BCUT2D eigenvalue weighted by molar-refractivity contribution is 0.0594. The average Bonchev–Trinajstić information content (AvgIpc) is 2.37. The van der Waals surface area contributed by atoms with E-state index in [-0.39, 0.29) is 12.0 Å². The Balaban J connectivity index is 1.91. The largest absolute Gasteiger partial charge is 0.464 e. The number of nitrogen functional groups attached to an aromatic ring is 1. The van der Waals surface area contributed by atoms with Gasteiger partial charge in [-0.1, -0.05) is 0 Å². The normalized spacial score (nSPS) is 19.5. The first-order valence-corrected chi connectivity index (χ1v) is 6.24. The average molecular weight is 253 g/mol. The molecule has 1 saturated heterocycles. The molecule has 7 heteroatoms. The van der Waals surface area contributed by atoms with E-state index in [0.717, 1.165) is 32.6 Å². The third-order valence-electron chi connectivity index (χ3n) is 2.71. The first kappa shape index (κ1) is 12.8. The second kappa shape index (κ2) is 6.34. The molecule has 1 unspecified atom stereocenters. The molecule has 1 aliphatic rings. The number of nitrogens with one attached hydrogen (secondary N) is 1. The van der Waals surface area contributed by atoms with Gasteiger partial charge in [-0.3, -0.25) is 0 Å². The number of nitrogens with zero attached hydrogens (tertiary/aromatic N) is 3. The van der Waals surface area contributed by atoms with Gasteiger partial charge >= 0.3 is 6.01 Å². The molecule has 0 spiro atoms. The predicted molar refractivity (Wildman–Crippen MR) is 67.4 cm³/mol. The van der Waals surface area contributed by atoms with Crippen LogP contribution in [0.1, 0.15) is 19.8 Å². The van der Waals surface area contributed by atoms with E-state index in [2.05, 4.69) is 20.3 Å². The number of nitrogens with two attached hydrogens (primary N) is 1. The molecule has 1 atom stereocenters. The molecular weight excluding hydrogens is 234 g/mol. The summed E-state index contributed by atoms with van der Waals surface area (Å²) in [5.41, 5.74) is 5.59. The molecule has 18 heavy (non-hydrogen) atoms. The second-order valence-corrected chi connectivity index (χ2v) is 4.20. The highest BCUT2D eigenvalue weighted by atomic mass is 16.5. The zero-order valence-electron chi connectivity index (χ0n) is 10.6. The summed E-state index contributed by atoms with van der Waals surface area (Å²) in [7, 11) is 0. The Morgan fingerprint density at radius 2 is 2.33 bits per heavy atom. The van der Waals surface area contributed by atoms with Gasteiger partial charge in [-0.25, -0.2) is 0 Å². The Morgan fingerprint density at radius 1 is 1.44 bits per heavy atom. The molecule has 2 rings (SSSR count). The molecular formula is C11H19N5O2. The molecule has 1 aliphatic heterocycles. The van der Waals surface area contributed by atoms with Crippen molar-refractivity contribution in [3.05, 3.63) is 0 Å². The van der Waals surface area contributed by atoms with Crippen LogP contribution >= 0.6 is 0 Å². The Morgan fingerprint density at radius 3 is 3.06 bits per heavy atom. The van der Waals surface area contributed by atoms with Gasteiger partial charge in [-0.2, -0.15) is 15.0 Å². The first-order chi connectivity index (χ1) is 8.78. The molecule has 1 aromatic rings. The van der Waals surface area contributed by atoms with Crippen molar-refractivity contribution in [2.45, 2.75) is 19.8 Å². The SMILES string of the molecule is CCOc1nc(N)nc(NCC2CCCOC2)n1. The van der Waals surface area contributed by atoms with Crippen LogP contribution in [0.2, 0.25) is 0 Å². The minimum atomic E-state index is 0.163. The predicted octanol–water partition coefficient (Wildman–Crippen LogP) is 0.691. The molecule has 0 aliphatic carbocycles. The fourth-order valence-corrected chi connectivity index (χ4v) is 1.85. The minimum absolute atomic E-state index is 0.163. The number of hydrogen-bond donors (Lipinski definition) is 2. The molecule has 0 amide bonds. The molecule has 2 heterocycles. The maximum atomic E-state index is 5.59. The summed E-state index contributed by atoms with van der Waals surface area (Å²) >= 11 is 0. The summed E-state index contributed by atoms with van der Waals surface area (Å²) in [4.78, 5) is 12.0. The van der Waals surface area contributed by atoms with E-state index in [1.807, 2.05) is 6.92 Å². The van der Waals surface area contributed by atoms with Crippen LogP contribution < -0.4 is 15.8 Å². The van der Waals surface area contributed by atoms with Crippen molar-refractivity contribution in [3.8, 4) is 6.01 Å². The summed E-state index contributed by atoms with van der Waals surface area (Å²) < 4.78 is 10.6. The maximum absolute atomic E-state index is 5.59. The Hall–Kier alpha value is -1.63. The van der Waals surface area contributed by atoms with Crippen LogP contribution in [0.5, 0.6) is 6.01 Å². The molecule has 0 aromatic carbocycles. The van der Waals surface area contributed by atoms with Crippen LogP contribution in [0, 0.1) is 5.92 Å².